The largest absolute Gasteiger partial charge is 0 e. The molecule has 0 rings (SSSR count). The summed E-state index contributed by atoms with van der Waals surface area (Å²) in [4.78, 5) is 0. The maximum Gasteiger partial charge on any atom is 0 e. The summed E-state index contributed by atoms with van der Waals surface area (Å²) in [5, 5.41) is 0. The van der Waals surface area contributed by atoms with Gasteiger partial charge in [-0.1, -0.05) is 0 Å². The summed E-state index contributed by atoms with van der Waals surface area (Å²) in [5.74, 6) is 0. The molecular formula is IrOsPdRhRu. The van der Waals surface area contributed by atoms with E-state index >= 15 is 0 Å². The predicted molar refractivity (Wildman–Crippen MR) is 0 cm³/mol. The van der Waals surface area contributed by atoms with Crippen LogP contribution in [-0.4, -0.2) is 0 Å². The van der Waals surface area contributed by atoms with Gasteiger partial charge < -0.3 is 0 Å². The maximum atomic E-state index is 0. The van der Waals surface area contributed by atoms with Crippen molar-refractivity contribution in [1.82, 2.24) is 0 Å². The van der Waals surface area contributed by atoms with E-state index in [1.54, 1.807) is 0 Å². The zero-order valence-electron chi connectivity index (χ0n) is 1.69. The molecule has 0 aliphatic rings. The molecule has 44 valence electrons. The van der Waals surface area contributed by atoms with Crippen molar-refractivity contribution >= 4 is 0 Å². The first-order chi connectivity index (χ1) is 0. The van der Waals surface area contributed by atoms with Crippen molar-refractivity contribution in [2.75, 3.05) is 0 Å². The Balaban J connectivity index is 0. The Morgan fingerprint density at radius 2 is 1.00 bits per heavy atom. The Kier molecular flexibility index (Phi) is 225. The molecule has 0 amide bonds. The SMILES string of the molecule is [Ir].[Os].[Pd].[Rh].[Ru]. The van der Waals surface area contributed by atoms with Crippen molar-refractivity contribution in [3.8, 4) is 0 Å². The topological polar surface area (TPSA) is 0 Å². The normalized spacial score (nSPS) is 0. The molecule has 0 atom stereocenters. The second-order valence-electron chi connectivity index (χ2n) is 0. The second kappa shape index (κ2) is 27.1. The summed E-state index contributed by atoms with van der Waals surface area (Å²) >= 11 is 0. The number of hydrogen-bond donors (Lipinski definition) is 0. The third-order valence-electron chi connectivity index (χ3n) is 0. The minimum atomic E-state index is 0. The predicted octanol–water partition coefficient (Wildman–Crippen LogP) is -0.0125. The molecule has 0 saturated carbocycles. The van der Waals surface area contributed by atoms with E-state index in [0.29, 0.717) is 0 Å². The van der Waals surface area contributed by atoms with Crippen molar-refractivity contribution < 1.29 is 99.3 Å². The van der Waals surface area contributed by atoms with E-state index < -0.39 is 0 Å². The Hall–Kier alpha value is 3.19. The molecule has 0 aromatic heterocycles. The zero-order chi connectivity index (χ0) is 0. The fourth-order valence-electron chi connectivity index (χ4n) is 0. The van der Waals surface area contributed by atoms with Crippen molar-refractivity contribution in [2.45, 2.75) is 0 Å². The van der Waals surface area contributed by atoms with Crippen LogP contribution < -0.4 is 0 Å². The van der Waals surface area contributed by atoms with Crippen LogP contribution in [0.4, 0.5) is 0 Å². The average Bonchev–Trinajstić information content (AvgIpc) is 0. The molecule has 0 aliphatic heterocycles. The van der Waals surface area contributed by atoms with Crippen LogP contribution in [0.25, 0.3) is 0 Å². The second-order valence-corrected chi connectivity index (χ2v) is 0. The van der Waals surface area contributed by atoms with E-state index in [-0.39, 0.29) is 99.3 Å². The standard InChI is InChI=1S/Ir.Os.Pd.Rh.Ru. The number of hydrogen-bond acceptors (Lipinski definition) is 0. The van der Waals surface area contributed by atoms with Gasteiger partial charge in [0.05, 0.1) is 0 Å². The third-order valence-corrected chi connectivity index (χ3v) is 0. The molecule has 0 aliphatic carbocycles. The van der Waals surface area contributed by atoms with Crippen LogP contribution in [0.15, 0.2) is 0 Å². The van der Waals surface area contributed by atoms with E-state index in [9.17, 15) is 0 Å². The van der Waals surface area contributed by atoms with Crippen LogP contribution in [0.5, 0.6) is 0 Å². The quantitative estimate of drug-likeness (QED) is 0.314. The summed E-state index contributed by atoms with van der Waals surface area (Å²) in [6, 6.07) is 0. The molecular weight excluding hydrogens is 693 g/mol. The van der Waals surface area contributed by atoms with Crippen LogP contribution in [0.1, 0.15) is 0 Å². The molecule has 5 heavy (non-hydrogen) atoms. The van der Waals surface area contributed by atoms with E-state index in [1.807, 2.05) is 0 Å². The van der Waals surface area contributed by atoms with Crippen LogP contribution in [0.2, 0.25) is 0 Å². The van der Waals surface area contributed by atoms with Gasteiger partial charge in [0.25, 0.3) is 0 Å². The maximum absolute atomic E-state index is 0. The summed E-state index contributed by atoms with van der Waals surface area (Å²) < 4.78 is 0. The minimum absolute atomic E-state index is 0. The van der Waals surface area contributed by atoms with E-state index in [2.05, 4.69) is 0 Å². The molecule has 5 heteroatoms. The Morgan fingerprint density at radius 1 is 1.00 bits per heavy atom. The fraction of sp³-hybridized carbons (Fsp3) is 0. The van der Waals surface area contributed by atoms with E-state index in [1.165, 1.54) is 0 Å². The first kappa shape index (κ1) is 41.6. The van der Waals surface area contributed by atoms with Gasteiger partial charge in [0.15, 0.2) is 0 Å². The van der Waals surface area contributed by atoms with Gasteiger partial charge in [0.2, 0.25) is 0 Å². The van der Waals surface area contributed by atoms with E-state index in [0.717, 1.165) is 0 Å². The molecule has 0 unspecified atom stereocenters. The molecule has 0 saturated heterocycles. The van der Waals surface area contributed by atoms with Crippen LogP contribution in [0, 0.1) is 0 Å². The Morgan fingerprint density at radius 3 is 1.00 bits per heavy atom. The molecule has 0 bridgehead atoms. The van der Waals surface area contributed by atoms with Gasteiger partial charge in [-0.3, -0.25) is 0 Å². The van der Waals surface area contributed by atoms with E-state index in [4.69, 9.17) is 0 Å². The van der Waals surface area contributed by atoms with Crippen molar-refractivity contribution in [1.29, 1.82) is 0 Å². The van der Waals surface area contributed by atoms with Gasteiger partial charge in [-0.15, -0.1) is 0 Å². The van der Waals surface area contributed by atoms with Crippen LogP contribution in [0.3, 0.4) is 0 Å². The molecule has 0 spiro atoms. The fourth-order valence-corrected chi connectivity index (χ4v) is 0. The summed E-state index contributed by atoms with van der Waals surface area (Å²) in [6.07, 6.45) is 0. The molecule has 0 aromatic rings. The molecule has 2 radical (unpaired) electrons. The molecule has 0 nitrogen and oxygen atoms in total. The van der Waals surface area contributed by atoms with Gasteiger partial charge in [0.1, 0.15) is 0 Å². The first-order valence-corrected chi connectivity index (χ1v) is 0. The van der Waals surface area contributed by atoms with Crippen LogP contribution in [-0.2, 0) is 99.3 Å². The molecule has 0 N–H and O–H groups in total. The van der Waals surface area contributed by atoms with Gasteiger partial charge in [-0.2, -0.15) is 0 Å². The van der Waals surface area contributed by atoms with Gasteiger partial charge in [-0.25, -0.2) is 0 Å². The summed E-state index contributed by atoms with van der Waals surface area (Å²) in [6.45, 7) is 0. The van der Waals surface area contributed by atoms with Crippen molar-refractivity contribution in [3.05, 3.63) is 0 Å². The van der Waals surface area contributed by atoms with Gasteiger partial charge in [-0.05, 0) is 0 Å². The Bertz CT molecular complexity index is 11.6. The molecule has 0 aromatic carbocycles. The first-order valence-electron chi connectivity index (χ1n) is 0. The average molecular weight is 693 g/mol. The number of rotatable bonds is 0. The molecule has 0 fully saturated rings. The van der Waals surface area contributed by atoms with Crippen LogP contribution >= 0.6 is 0 Å². The zero-order valence-corrected chi connectivity index (χ0v) is 11.6. The summed E-state index contributed by atoms with van der Waals surface area (Å²) in [5.41, 5.74) is 0. The Labute approximate surface area is 97.6 Å². The van der Waals surface area contributed by atoms with Gasteiger partial charge >= 0.3 is 0 Å². The van der Waals surface area contributed by atoms with Crippen molar-refractivity contribution in [3.63, 3.8) is 0 Å². The molecule has 0 heterocycles. The summed E-state index contributed by atoms with van der Waals surface area (Å²) in [7, 11) is 0. The monoisotopic (exact) mass is 696 g/mol. The van der Waals surface area contributed by atoms with Crippen molar-refractivity contribution in [2.24, 2.45) is 0 Å². The minimum Gasteiger partial charge on any atom is 0 e. The smallest absolute Gasteiger partial charge is 0 e. The van der Waals surface area contributed by atoms with Gasteiger partial charge in [0, 0.05) is 99.3 Å². The third kappa shape index (κ3) is 19.0.